The molecule has 0 radical (unpaired) electrons. The third kappa shape index (κ3) is 5.43. The van der Waals surface area contributed by atoms with Crippen molar-refractivity contribution in [2.75, 3.05) is 37.2 Å². The molecule has 162 valence electrons. The van der Waals surface area contributed by atoms with E-state index in [1.54, 1.807) is 28.0 Å². The highest BCUT2D eigenvalue weighted by molar-refractivity contribution is 7.99. The first-order valence-corrected chi connectivity index (χ1v) is 13.0. The summed E-state index contributed by atoms with van der Waals surface area (Å²) in [6.07, 6.45) is 4.25. The summed E-state index contributed by atoms with van der Waals surface area (Å²) in [5.41, 5.74) is 1.32. The quantitative estimate of drug-likeness (QED) is 0.314. The zero-order valence-electron chi connectivity index (χ0n) is 18.7. The molecule has 0 aliphatic carbocycles. The Morgan fingerprint density at radius 1 is 1.21 bits per heavy atom. The van der Waals surface area contributed by atoms with Crippen molar-refractivity contribution < 1.29 is 9.64 Å². The average Bonchev–Trinajstić information content (AvgIpc) is 3.09. The minimum absolute atomic E-state index is 0.0833. The van der Waals surface area contributed by atoms with Gasteiger partial charge in [0.05, 0.1) is 37.2 Å². The molecular formula is C22H37N4OS2+. The number of fused-ring (bicyclic) bond motifs is 3. The predicted molar refractivity (Wildman–Crippen MR) is 126 cm³/mol. The Morgan fingerprint density at radius 3 is 2.69 bits per heavy atom. The van der Waals surface area contributed by atoms with Crippen LogP contribution in [0.4, 0.5) is 5.82 Å². The Hall–Kier alpha value is -0.890. The maximum atomic E-state index is 6.19. The molecule has 0 saturated carbocycles. The Labute approximate surface area is 184 Å². The van der Waals surface area contributed by atoms with E-state index in [1.807, 2.05) is 0 Å². The van der Waals surface area contributed by atoms with Crippen LogP contribution in [0.5, 0.6) is 0 Å². The maximum Gasteiger partial charge on any atom is 0.190 e. The number of ether oxygens (including phenoxy) is 1. The number of thiophene rings is 1. The summed E-state index contributed by atoms with van der Waals surface area (Å²) in [7, 11) is 0. The first-order valence-electron chi connectivity index (χ1n) is 11.2. The Bertz CT molecular complexity index is 806. The molecule has 0 unspecified atom stereocenters. The molecule has 0 saturated heterocycles. The molecule has 7 heteroatoms. The van der Waals surface area contributed by atoms with E-state index >= 15 is 0 Å². The molecule has 5 nitrogen and oxygen atoms in total. The lowest BCUT2D eigenvalue weighted by atomic mass is 9.90. The van der Waals surface area contributed by atoms with E-state index in [9.17, 15) is 0 Å². The number of hydrogen-bond acceptors (Lipinski definition) is 6. The average molecular weight is 438 g/mol. The van der Waals surface area contributed by atoms with Gasteiger partial charge >= 0.3 is 0 Å². The van der Waals surface area contributed by atoms with Gasteiger partial charge in [0, 0.05) is 30.0 Å². The smallest absolute Gasteiger partial charge is 0.190 e. The van der Waals surface area contributed by atoms with E-state index < -0.39 is 0 Å². The highest BCUT2D eigenvalue weighted by atomic mass is 32.2. The molecule has 29 heavy (non-hydrogen) atoms. The fourth-order valence-electron chi connectivity index (χ4n) is 3.81. The summed E-state index contributed by atoms with van der Waals surface area (Å²) in [6, 6.07) is 0. The third-order valence-electron chi connectivity index (χ3n) is 6.00. The zero-order valence-corrected chi connectivity index (χ0v) is 20.3. The van der Waals surface area contributed by atoms with Crippen LogP contribution in [0.25, 0.3) is 10.2 Å². The van der Waals surface area contributed by atoms with Crippen molar-refractivity contribution in [2.45, 2.75) is 77.7 Å². The standard InChI is InChI=1S/C22H36N4OS2/c1-6-13-28-21-24-19(23-11-10-12-26(8-3)9-4)18-16-14-22(5,7-2)27-15-17(16)29-20(18)25-21/h6-15H2,1-5H3,(H,23,24,25)/p+1/t22-/m0/s1. The molecular weight excluding hydrogens is 400 g/mol. The Kier molecular flexibility index (Phi) is 8.19. The molecule has 1 atom stereocenters. The molecule has 2 N–H and O–H groups in total. The number of nitrogens with one attached hydrogen (secondary N) is 2. The summed E-state index contributed by atoms with van der Waals surface area (Å²) in [5, 5.41) is 5.81. The molecule has 3 rings (SSSR count). The molecule has 1 aliphatic rings. The van der Waals surface area contributed by atoms with E-state index in [2.05, 4.69) is 39.9 Å². The van der Waals surface area contributed by atoms with Crippen molar-refractivity contribution in [3.63, 3.8) is 0 Å². The fourth-order valence-corrected chi connectivity index (χ4v) is 5.67. The molecule has 2 aromatic rings. The second-order valence-corrected chi connectivity index (χ2v) is 10.3. The largest absolute Gasteiger partial charge is 0.369 e. The van der Waals surface area contributed by atoms with Crippen molar-refractivity contribution in [1.29, 1.82) is 0 Å². The van der Waals surface area contributed by atoms with Crippen LogP contribution < -0.4 is 10.2 Å². The highest BCUT2D eigenvalue weighted by Crippen LogP contribution is 2.42. The number of rotatable bonds is 11. The monoisotopic (exact) mass is 437 g/mol. The number of hydrogen-bond donors (Lipinski definition) is 2. The van der Waals surface area contributed by atoms with Crippen molar-refractivity contribution in [2.24, 2.45) is 0 Å². The topological polar surface area (TPSA) is 51.5 Å². The lowest BCUT2D eigenvalue weighted by Crippen LogP contribution is -3.11. The van der Waals surface area contributed by atoms with Gasteiger partial charge in [-0.2, -0.15) is 0 Å². The number of nitrogens with zero attached hydrogens (tertiary/aromatic N) is 2. The van der Waals surface area contributed by atoms with Crippen LogP contribution in [0.2, 0.25) is 0 Å². The molecule has 3 heterocycles. The predicted octanol–water partition coefficient (Wildman–Crippen LogP) is 4.16. The van der Waals surface area contributed by atoms with Crippen LogP contribution >= 0.6 is 23.1 Å². The molecule has 0 bridgehead atoms. The Balaban J connectivity index is 1.87. The Morgan fingerprint density at radius 2 is 2.00 bits per heavy atom. The number of thioether (sulfide) groups is 1. The first-order chi connectivity index (χ1) is 14.0. The van der Waals surface area contributed by atoms with Gasteiger partial charge in [0.2, 0.25) is 0 Å². The van der Waals surface area contributed by atoms with Crippen molar-refractivity contribution >= 4 is 39.1 Å². The van der Waals surface area contributed by atoms with Crippen LogP contribution in [-0.2, 0) is 17.8 Å². The van der Waals surface area contributed by atoms with Gasteiger partial charge in [0.25, 0.3) is 0 Å². The van der Waals surface area contributed by atoms with E-state index in [1.165, 1.54) is 35.5 Å². The van der Waals surface area contributed by atoms with Crippen molar-refractivity contribution in [3.8, 4) is 0 Å². The lowest BCUT2D eigenvalue weighted by Gasteiger charge is -2.33. The number of quaternary nitrogens is 1. The molecule has 0 spiro atoms. The molecule has 0 amide bonds. The summed E-state index contributed by atoms with van der Waals surface area (Å²) in [5.74, 6) is 2.08. The third-order valence-corrected chi connectivity index (χ3v) is 8.15. The van der Waals surface area contributed by atoms with E-state index in [4.69, 9.17) is 14.7 Å². The minimum Gasteiger partial charge on any atom is -0.369 e. The van der Waals surface area contributed by atoms with Crippen LogP contribution in [0.3, 0.4) is 0 Å². The highest BCUT2D eigenvalue weighted by Gasteiger charge is 2.33. The SMILES string of the molecule is CCCSc1nc(NCCC[NH+](CC)CC)c2c3c(sc2n1)CO[C@@](C)(CC)C3. The number of aromatic nitrogens is 2. The van der Waals surface area contributed by atoms with Gasteiger partial charge in [0.1, 0.15) is 10.6 Å². The van der Waals surface area contributed by atoms with Gasteiger partial charge in [0.15, 0.2) is 5.16 Å². The van der Waals surface area contributed by atoms with Crippen LogP contribution in [-0.4, -0.2) is 47.5 Å². The number of anilines is 1. The van der Waals surface area contributed by atoms with Crippen molar-refractivity contribution in [1.82, 2.24) is 9.97 Å². The molecule has 1 aliphatic heterocycles. The van der Waals surface area contributed by atoms with Crippen molar-refractivity contribution in [3.05, 3.63) is 10.4 Å². The normalized spacial score (nSPS) is 19.1. The maximum absolute atomic E-state index is 6.19. The lowest BCUT2D eigenvalue weighted by molar-refractivity contribution is -0.896. The van der Waals surface area contributed by atoms with E-state index in [0.29, 0.717) is 6.61 Å². The fraction of sp³-hybridized carbons (Fsp3) is 0.727. The molecule has 0 aromatic carbocycles. The van der Waals surface area contributed by atoms with Gasteiger partial charge < -0.3 is 15.0 Å². The summed E-state index contributed by atoms with van der Waals surface area (Å²) < 4.78 is 6.19. The second-order valence-electron chi connectivity index (χ2n) is 8.14. The molecule has 2 aromatic heterocycles. The van der Waals surface area contributed by atoms with E-state index in [0.717, 1.165) is 53.8 Å². The minimum atomic E-state index is -0.0833. The van der Waals surface area contributed by atoms with Gasteiger partial charge in [-0.15, -0.1) is 11.3 Å². The summed E-state index contributed by atoms with van der Waals surface area (Å²) in [4.78, 5) is 14.0. The van der Waals surface area contributed by atoms with Gasteiger partial charge in [-0.3, -0.25) is 0 Å². The van der Waals surface area contributed by atoms with Crippen LogP contribution in [0.1, 0.15) is 64.3 Å². The van der Waals surface area contributed by atoms with Crippen LogP contribution in [0, 0.1) is 0 Å². The second kappa shape index (κ2) is 10.4. The summed E-state index contributed by atoms with van der Waals surface area (Å²) in [6.45, 7) is 16.4. The van der Waals surface area contributed by atoms with Gasteiger partial charge in [-0.05, 0) is 39.2 Å². The van der Waals surface area contributed by atoms with Gasteiger partial charge in [-0.25, -0.2) is 9.97 Å². The molecule has 0 fully saturated rings. The first kappa shape index (κ1) is 22.8. The summed E-state index contributed by atoms with van der Waals surface area (Å²) >= 11 is 3.55. The zero-order chi connectivity index (χ0) is 20.9. The van der Waals surface area contributed by atoms with Crippen LogP contribution in [0.15, 0.2) is 5.16 Å². The van der Waals surface area contributed by atoms with Gasteiger partial charge in [-0.1, -0.05) is 25.6 Å². The van der Waals surface area contributed by atoms with E-state index in [-0.39, 0.29) is 5.60 Å².